The normalized spacial score (nSPS) is 24.9. The van der Waals surface area contributed by atoms with Gasteiger partial charge in [0.15, 0.2) is 0 Å². The summed E-state index contributed by atoms with van der Waals surface area (Å²) in [6.45, 7) is 4.59. The predicted octanol–water partition coefficient (Wildman–Crippen LogP) is -0.735. The van der Waals surface area contributed by atoms with E-state index in [1.807, 2.05) is 13.8 Å². The van der Waals surface area contributed by atoms with E-state index >= 15 is 0 Å². The van der Waals surface area contributed by atoms with Crippen molar-refractivity contribution in [3.8, 4) is 0 Å². The van der Waals surface area contributed by atoms with Crippen molar-refractivity contribution < 1.29 is 19.1 Å². The molecule has 0 spiro atoms. The number of esters is 2. The van der Waals surface area contributed by atoms with Crippen LogP contribution in [0.1, 0.15) is 13.8 Å². The van der Waals surface area contributed by atoms with Gasteiger partial charge in [-0.15, -0.1) is 0 Å². The molecule has 0 aromatic carbocycles. The van der Waals surface area contributed by atoms with Crippen LogP contribution in [0.15, 0.2) is 0 Å². The summed E-state index contributed by atoms with van der Waals surface area (Å²) in [5.74, 6) is -0.0675. The zero-order valence-corrected chi connectivity index (χ0v) is 15.7. The van der Waals surface area contributed by atoms with Crippen LogP contribution in [0.25, 0.3) is 0 Å². The van der Waals surface area contributed by atoms with E-state index in [1.54, 1.807) is 0 Å². The summed E-state index contributed by atoms with van der Waals surface area (Å²) in [6, 6.07) is 0. The fourth-order valence-electron chi connectivity index (χ4n) is 0.812. The van der Waals surface area contributed by atoms with Crippen LogP contribution in [0, 0.1) is 0 Å². The summed E-state index contributed by atoms with van der Waals surface area (Å²) < 4.78 is 10.4. The van der Waals surface area contributed by atoms with Crippen LogP contribution >= 0.6 is 0 Å². The minimum absolute atomic E-state index is 0.0337. The first-order chi connectivity index (χ1) is 7.69. The monoisotopic (exact) mass is 492 g/mol. The number of hydrogen-bond acceptors (Lipinski definition) is 4. The Hall–Kier alpha value is 1.02. The molecule has 4 nitrogen and oxygen atoms in total. The standard InChI is InChI=1S/C8H12O4Se4/c1-3-11-5(9)7-13-15-8(16-14-7)6(10)12-4-2/h7-8H,3-4H2,1-2H3. The molecule has 0 bridgehead atoms. The van der Waals surface area contributed by atoms with Crippen molar-refractivity contribution in [1.82, 2.24) is 0 Å². The van der Waals surface area contributed by atoms with Gasteiger partial charge in [0.25, 0.3) is 0 Å². The molecule has 0 amide bonds. The quantitative estimate of drug-likeness (QED) is 0.387. The van der Waals surface area contributed by atoms with Crippen LogP contribution in [0.4, 0.5) is 0 Å². The summed E-state index contributed by atoms with van der Waals surface area (Å²) in [5, 5.41) is 0. The molecule has 1 heterocycles. The Labute approximate surface area is 117 Å². The second-order valence-corrected chi connectivity index (χ2v) is 19.5. The summed E-state index contributed by atoms with van der Waals surface area (Å²) in [7, 11) is 0. The zero-order chi connectivity index (χ0) is 12.0. The SMILES string of the molecule is CCOC(=O)C1[Se][Se]C(C(=O)OCC)[Se][Se]1. The molecule has 0 saturated carbocycles. The molecule has 1 rings (SSSR count). The van der Waals surface area contributed by atoms with Crippen molar-refractivity contribution in [2.24, 2.45) is 0 Å². The van der Waals surface area contributed by atoms with E-state index in [-0.39, 0.29) is 71.9 Å². The van der Waals surface area contributed by atoms with Gasteiger partial charge in [0.05, 0.1) is 0 Å². The number of ether oxygens (including phenoxy) is 2. The van der Waals surface area contributed by atoms with Crippen LogP contribution in [-0.4, -0.2) is 77.7 Å². The van der Waals surface area contributed by atoms with Crippen LogP contribution < -0.4 is 0 Å². The summed E-state index contributed by atoms with van der Waals surface area (Å²) in [5.41, 5.74) is 0. The molecule has 16 heavy (non-hydrogen) atoms. The van der Waals surface area contributed by atoms with Gasteiger partial charge in [-0.05, 0) is 0 Å². The van der Waals surface area contributed by atoms with Crippen molar-refractivity contribution in [2.75, 3.05) is 13.2 Å². The van der Waals surface area contributed by atoms with Gasteiger partial charge in [-0.1, -0.05) is 0 Å². The molecule has 1 aliphatic rings. The van der Waals surface area contributed by atoms with E-state index < -0.39 is 0 Å². The molecule has 0 radical (unpaired) electrons. The number of rotatable bonds is 4. The van der Waals surface area contributed by atoms with Crippen molar-refractivity contribution in [1.29, 1.82) is 0 Å². The van der Waals surface area contributed by atoms with Crippen LogP contribution in [0.3, 0.4) is 0 Å². The first kappa shape index (κ1) is 15.1. The Morgan fingerprint density at radius 3 is 1.44 bits per heavy atom. The Morgan fingerprint density at radius 2 is 1.19 bits per heavy atom. The first-order valence-corrected chi connectivity index (χ1v) is 17.3. The van der Waals surface area contributed by atoms with Crippen molar-refractivity contribution in [2.45, 2.75) is 21.3 Å². The van der Waals surface area contributed by atoms with Crippen molar-refractivity contribution >= 4 is 64.5 Å². The Kier molecular flexibility index (Phi) is 7.71. The van der Waals surface area contributed by atoms with Gasteiger partial charge >= 0.3 is 118 Å². The molecule has 0 aromatic rings. The van der Waals surface area contributed by atoms with Gasteiger partial charge in [-0.25, -0.2) is 0 Å². The number of carbonyl (C=O) groups excluding carboxylic acids is 2. The third-order valence-corrected chi connectivity index (χ3v) is 32.8. The van der Waals surface area contributed by atoms with E-state index in [4.69, 9.17) is 9.47 Å². The third kappa shape index (κ3) is 4.71. The molecular weight excluding hydrogens is 476 g/mol. The molecule has 0 unspecified atom stereocenters. The fourth-order valence-corrected chi connectivity index (χ4v) is 44.3. The summed E-state index contributed by atoms with van der Waals surface area (Å²) in [4.78, 5) is 23.0. The van der Waals surface area contributed by atoms with Crippen molar-refractivity contribution in [3.63, 3.8) is 0 Å². The van der Waals surface area contributed by atoms with Crippen LogP contribution in [-0.2, 0) is 19.1 Å². The molecule has 1 aliphatic heterocycles. The molecule has 8 heteroatoms. The maximum atomic E-state index is 11.5. The van der Waals surface area contributed by atoms with Gasteiger partial charge in [-0.2, -0.15) is 0 Å². The molecule has 1 fully saturated rings. The van der Waals surface area contributed by atoms with E-state index in [0.717, 1.165) is 0 Å². The summed E-state index contributed by atoms with van der Waals surface area (Å²) >= 11 is 1.10. The van der Waals surface area contributed by atoms with Gasteiger partial charge in [0.1, 0.15) is 0 Å². The topological polar surface area (TPSA) is 52.6 Å². The zero-order valence-electron chi connectivity index (χ0n) is 8.83. The van der Waals surface area contributed by atoms with Crippen molar-refractivity contribution in [3.05, 3.63) is 0 Å². The van der Waals surface area contributed by atoms with Gasteiger partial charge < -0.3 is 0 Å². The van der Waals surface area contributed by atoms with E-state index in [0.29, 0.717) is 13.2 Å². The maximum absolute atomic E-state index is 11.5. The molecular formula is C8H12O4Se4. The first-order valence-electron chi connectivity index (χ1n) is 4.66. The average molecular weight is 488 g/mol. The van der Waals surface area contributed by atoms with E-state index in [2.05, 4.69) is 0 Å². The fraction of sp³-hybridized carbons (Fsp3) is 0.750. The molecule has 0 atom stereocenters. The molecule has 92 valence electrons. The second kappa shape index (κ2) is 8.18. The van der Waals surface area contributed by atoms with Gasteiger partial charge in [0, 0.05) is 0 Å². The number of hydrogen-bond donors (Lipinski definition) is 0. The Bertz CT molecular complexity index is 226. The van der Waals surface area contributed by atoms with E-state index in [1.165, 1.54) is 0 Å². The summed E-state index contributed by atoms with van der Waals surface area (Å²) in [6.07, 6.45) is 0. The van der Waals surface area contributed by atoms with E-state index in [9.17, 15) is 9.59 Å². The minimum atomic E-state index is -0.0337. The van der Waals surface area contributed by atoms with Crippen LogP contribution in [0.5, 0.6) is 0 Å². The average Bonchev–Trinajstić information content (AvgIpc) is 2.30. The molecule has 0 N–H and O–H groups in total. The molecule has 0 aliphatic carbocycles. The van der Waals surface area contributed by atoms with Gasteiger partial charge in [-0.3, -0.25) is 0 Å². The number of carbonyl (C=O) groups is 2. The molecule has 1 saturated heterocycles. The predicted molar refractivity (Wildman–Crippen MR) is 63.8 cm³/mol. The van der Waals surface area contributed by atoms with Gasteiger partial charge in [0.2, 0.25) is 0 Å². The molecule has 0 aromatic heterocycles. The Morgan fingerprint density at radius 1 is 0.875 bits per heavy atom. The second-order valence-electron chi connectivity index (χ2n) is 2.55. The Balaban J connectivity index is 2.33. The third-order valence-electron chi connectivity index (χ3n) is 1.42. The van der Waals surface area contributed by atoms with Crippen LogP contribution in [0.2, 0.25) is 7.43 Å².